The van der Waals surface area contributed by atoms with Crippen LogP contribution in [-0.4, -0.2) is 5.78 Å². The molecule has 0 unspecified atom stereocenters. The minimum atomic E-state index is 0.00714. The number of carbonyl (C=O) groups is 1. The van der Waals surface area contributed by atoms with E-state index >= 15 is 0 Å². The number of hydrogen-bond donors (Lipinski definition) is 0. The van der Waals surface area contributed by atoms with Crippen molar-refractivity contribution in [1.82, 2.24) is 0 Å². The lowest BCUT2D eigenvalue weighted by Gasteiger charge is -2.07. The first kappa shape index (κ1) is 12.2. The van der Waals surface area contributed by atoms with Crippen LogP contribution < -0.4 is 0 Å². The summed E-state index contributed by atoms with van der Waals surface area (Å²) in [4.78, 5) is 12.3. The van der Waals surface area contributed by atoms with Crippen LogP contribution in [0.3, 0.4) is 0 Å². The van der Waals surface area contributed by atoms with Gasteiger partial charge in [0.1, 0.15) is 0 Å². The van der Waals surface area contributed by atoms with Gasteiger partial charge in [-0.3, -0.25) is 4.79 Å². The van der Waals surface area contributed by atoms with Crippen LogP contribution in [0.4, 0.5) is 0 Å². The van der Waals surface area contributed by atoms with Crippen LogP contribution in [-0.2, 0) is 4.79 Å². The van der Waals surface area contributed by atoms with Gasteiger partial charge in [0.2, 0.25) is 0 Å². The fraction of sp³-hybridized carbons (Fsp3) is 0.364. The molecule has 0 amide bonds. The van der Waals surface area contributed by atoms with E-state index in [0.29, 0.717) is 4.91 Å². The van der Waals surface area contributed by atoms with E-state index in [1.807, 2.05) is 20.8 Å². The van der Waals surface area contributed by atoms with E-state index in [-0.39, 0.29) is 5.78 Å². The van der Waals surface area contributed by atoms with Crippen LogP contribution in [0.15, 0.2) is 34.1 Å². The van der Waals surface area contributed by atoms with Gasteiger partial charge in [0, 0.05) is 9.81 Å². The van der Waals surface area contributed by atoms with Gasteiger partial charge in [0.25, 0.3) is 0 Å². The topological polar surface area (TPSA) is 17.1 Å². The normalized spacial score (nSPS) is 9.23. The number of thioether (sulfide) groups is 1. The Morgan fingerprint density at radius 3 is 1.77 bits per heavy atom. The number of ketones is 1. The lowest BCUT2D eigenvalue weighted by molar-refractivity contribution is -0.112. The average molecular weight is 196 g/mol. The van der Waals surface area contributed by atoms with Crippen LogP contribution in [0.5, 0.6) is 0 Å². The minimum Gasteiger partial charge on any atom is -0.294 e. The number of carbonyl (C=O) groups excluding carboxylic acids is 1. The summed E-state index contributed by atoms with van der Waals surface area (Å²) in [7, 11) is 0. The van der Waals surface area contributed by atoms with Crippen LogP contribution in [0, 0.1) is 0 Å². The minimum absolute atomic E-state index is 0.00714. The summed E-state index contributed by atoms with van der Waals surface area (Å²) in [5, 5.41) is 0. The van der Waals surface area contributed by atoms with Crippen LogP contribution in [0.2, 0.25) is 0 Å². The highest BCUT2D eigenvalue weighted by Crippen LogP contribution is 2.29. The molecule has 0 bridgehead atoms. The fourth-order valence-electron chi connectivity index (χ4n) is 0.576. The number of rotatable bonds is 4. The molecule has 13 heavy (non-hydrogen) atoms. The van der Waals surface area contributed by atoms with Crippen molar-refractivity contribution in [2.75, 3.05) is 0 Å². The SMILES string of the molecule is C=C(SC(=C)C(C)=C(C)C)C(C)=O. The molecule has 0 saturated carbocycles. The third kappa shape index (κ3) is 4.13. The molecule has 0 atom stereocenters. The van der Waals surface area contributed by atoms with Crippen molar-refractivity contribution < 1.29 is 4.79 Å². The highest BCUT2D eigenvalue weighted by molar-refractivity contribution is 8.07. The molecule has 0 rings (SSSR count). The molecule has 72 valence electrons. The number of hydrogen-bond acceptors (Lipinski definition) is 2. The van der Waals surface area contributed by atoms with Crippen molar-refractivity contribution in [2.45, 2.75) is 27.7 Å². The smallest absolute Gasteiger partial charge is 0.165 e. The molecular weight excluding hydrogens is 180 g/mol. The van der Waals surface area contributed by atoms with Gasteiger partial charge < -0.3 is 0 Å². The fourth-order valence-corrected chi connectivity index (χ4v) is 1.37. The van der Waals surface area contributed by atoms with Crippen LogP contribution in [0.1, 0.15) is 27.7 Å². The maximum Gasteiger partial charge on any atom is 0.165 e. The molecule has 0 aromatic rings. The molecule has 0 aliphatic rings. The number of Topliss-reactive ketones (excluding diaryl/α,β-unsaturated/α-hetero) is 1. The van der Waals surface area contributed by atoms with Gasteiger partial charge in [0.15, 0.2) is 5.78 Å². The maximum absolute atomic E-state index is 10.9. The Bertz CT molecular complexity index is 280. The molecular formula is C11H16OS. The molecule has 0 aromatic carbocycles. The van der Waals surface area contributed by atoms with Gasteiger partial charge in [-0.05, 0) is 33.3 Å². The van der Waals surface area contributed by atoms with E-state index in [0.717, 1.165) is 10.5 Å². The van der Waals surface area contributed by atoms with Crippen molar-refractivity contribution in [3.05, 3.63) is 34.1 Å². The second-order valence-corrected chi connectivity index (χ2v) is 4.32. The maximum atomic E-state index is 10.9. The summed E-state index contributed by atoms with van der Waals surface area (Å²) < 4.78 is 0. The zero-order valence-corrected chi connectivity index (χ0v) is 9.55. The first-order valence-electron chi connectivity index (χ1n) is 4.07. The van der Waals surface area contributed by atoms with Crippen molar-refractivity contribution in [2.24, 2.45) is 0 Å². The molecule has 2 heteroatoms. The Morgan fingerprint density at radius 1 is 1.00 bits per heavy atom. The number of allylic oxidation sites excluding steroid dienone is 3. The Hall–Kier alpha value is -0.760. The molecule has 0 aliphatic heterocycles. The van der Waals surface area contributed by atoms with Crippen molar-refractivity contribution >= 4 is 17.5 Å². The van der Waals surface area contributed by atoms with E-state index in [1.54, 1.807) is 0 Å². The largest absolute Gasteiger partial charge is 0.294 e. The summed E-state index contributed by atoms with van der Waals surface area (Å²) in [6.45, 7) is 15.1. The van der Waals surface area contributed by atoms with E-state index in [2.05, 4.69) is 13.2 Å². The molecule has 0 aliphatic carbocycles. The summed E-state index contributed by atoms with van der Waals surface area (Å²) in [5.41, 5.74) is 2.35. The Balaban J connectivity index is 4.43. The third-order valence-electron chi connectivity index (χ3n) is 1.81. The Kier molecular flexibility index (Phi) is 4.78. The second kappa shape index (κ2) is 5.07. The standard InChI is InChI=1S/C11H16OS/c1-7(2)8(3)10(5)13-11(6)9(4)12/h5-6H2,1-4H3. The predicted octanol–water partition coefficient (Wildman–Crippen LogP) is 3.69. The van der Waals surface area contributed by atoms with Gasteiger partial charge in [-0.25, -0.2) is 0 Å². The third-order valence-corrected chi connectivity index (χ3v) is 2.89. The van der Waals surface area contributed by atoms with Gasteiger partial charge in [-0.15, -0.1) is 0 Å². The van der Waals surface area contributed by atoms with Crippen molar-refractivity contribution in [1.29, 1.82) is 0 Å². The highest BCUT2D eigenvalue weighted by atomic mass is 32.2. The van der Waals surface area contributed by atoms with Gasteiger partial charge in [-0.1, -0.05) is 30.5 Å². The molecule has 0 saturated heterocycles. The zero-order valence-electron chi connectivity index (χ0n) is 8.73. The first-order valence-corrected chi connectivity index (χ1v) is 4.89. The molecule has 1 nitrogen and oxygen atoms in total. The van der Waals surface area contributed by atoms with Crippen molar-refractivity contribution in [3.63, 3.8) is 0 Å². The predicted molar refractivity (Wildman–Crippen MR) is 60.6 cm³/mol. The molecule has 0 fully saturated rings. The van der Waals surface area contributed by atoms with E-state index in [9.17, 15) is 4.79 Å². The molecule has 0 spiro atoms. The summed E-state index contributed by atoms with van der Waals surface area (Å²) in [6.07, 6.45) is 0. The van der Waals surface area contributed by atoms with E-state index in [1.165, 1.54) is 24.3 Å². The Labute approximate surface area is 84.6 Å². The Morgan fingerprint density at radius 2 is 1.46 bits per heavy atom. The highest BCUT2D eigenvalue weighted by Gasteiger charge is 2.05. The zero-order chi connectivity index (χ0) is 10.6. The molecule has 0 N–H and O–H groups in total. The van der Waals surface area contributed by atoms with E-state index < -0.39 is 0 Å². The first-order chi connectivity index (χ1) is 5.86. The van der Waals surface area contributed by atoms with Crippen LogP contribution >= 0.6 is 11.8 Å². The van der Waals surface area contributed by atoms with Crippen molar-refractivity contribution in [3.8, 4) is 0 Å². The van der Waals surface area contributed by atoms with Gasteiger partial charge in [-0.2, -0.15) is 0 Å². The van der Waals surface area contributed by atoms with Gasteiger partial charge in [0.05, 0.1) is 0 Å². The summed E-state index contributed by atoms with van der Waals surface area (Å²) >= 11 is 1.35. The average Bonchev–Trinajstić information content (AvgIpc) is 2.02. The van der Waals surface area contributed by atoms with E-state index in [4.69, 9.17) is 0 Å². The monoisotopic (exact) mass is 196 g/mol. The van der Waals surface area contributed by atoms with Gasteiger partial charge >= 0.3 is 0 Å². The quantitative estimate of drug-likeness (QED) is 0.504. The molecule has 0 aromatic heterocycles. The second-order valence-electron chi connectivity index (χ2n) is 3.13. The lowest BCUT2D eigenvalue weighted by atomic mass is 10.2. The van der Waals surface area contributed by atoms with Crippen LogP contribution in [0.25, 0.3) is 0 Å². The lowest BCUT2D eigenvalue weighted by Crippen LogP contribution is -1.91. The summed E-state index contributed by atoms with van der Waals surface area (Å²) in [5.74, 6) is 0.00714. The molecule has 0 radical (unpaired) electrons. The molecule has 0 heterocycles. The summed E-state index contributed by atoms with van der Waals surface area (Å²) in [6, 6.07) is 0.